The normalized spacial score (nSPS) is 11.5. The maximum atomic E-state index is 12.5. The smallest absolute Gasteiger partial charge is 0.194 e. The summed E-state index contributed by atoms with van der Waals surface area (Å²) in [5.41, 5.74) is 1.26. The van der Waals surface area contributed by atoms with Crippen LogP contribution in [0.25, 0.3) is 0 Å². The summed E-state index contributed by atoms with van der Waals surface area (Å²) < 4.78 is 5.72. The van der Waals surface area contributed by atoms with E-state index in [9.17, 15) is 4.79 Å². The van der Waals surface area contributed by atoms with Gasteiger partial charge in [-0.15, -0.1) is 0 Å². The predicted molar refractivity (Wildman–Crippen MR) is 70.4 cm³/mol. The molecule has 0 unspecified atom stereocenters. The Morgan fingerprint density at radius 2 is 1.65 bits per heavy atom. The van der Waals surface area contributed by atoms with Crippen molar-refractivity contribution in [3.63, 3.8) is 0 Å². The van der Waals surface area contributed by atoms with Crippen LogP contribution < -0.4 is 0 Å². The molecule has 0 atom stereocenters. The average Bonchev–Trinajstić information content (AvgIpc) is 2.36. The molecule has 0 aliphatic rings. The number of carbonyl (C=O) groups excluding carboxylic acids is 1. The molecule has 0 heterocycles. The second-order valence-electron chi connectivity index (χ2n) is 4.33. The Labute approximate surface area is 104 Å². The summed E-state index contributed by atoms with van der Waals surface area (Å²) in [5.74, 6) is 0.101. The van der Waals surface area contributed by atoms with Crippen molar-refractivity contribution in [2.45, 2.75) is 46.1 Å². The number of rotatable bonds is 6. The highest BCUT2D eigenvalue weighted by atomic mass is 16.5. The zero-order valence-corrected chi connectivity index (χ0v) is 11.2. The lowest BCUT2D eigenvalue weighted by Crippen LogP contribution is -2.40. The van der Waals surface area contributed by atoms with Gasteiger partial charge >= 0.3 is 0 Å². The number of hydrogen-bond donors (Lipinski definition) is 0. The van der Waals surface area contributed by atoms with Crippen LogP contribution in [0.15, 0.2) is 24.3 Å². The van der Waals surface area contributed by atoms with E-state index in [1.165, 1.54) is 0 Å². The standard InChI is InChI=1S/C15H22O2/c1-5-15(6-2,17-7-3)14(16)13-10-8-12(4)9-11-13/h8-11H,5-7H2,1-4H3. The number of carbonyl (C=O) groups is 1. The van der Waals surface area contributed by atoms with Gasteiger partial charge in [0.15, 0.2) is 5.78 Å². The van der Waals surface area contributed by atoms with Gasteiger partial charge in [-0.1, -0.05) is 43.7 Å². The number of ether oxygens (including phenoxy) is 1. The lowest BCUT2D eigenvalue weighted by molar-refractivity contribution is -0.0250. The zero-order valence-electron chi connectivity index (χ0n) is 11.2. The van der Waals surface area contributed by atoms with Crippen molar-refractivity contribution in [2.75, 3.05) is 6.61 Å². The first-order valence-electron chi connectivity index (χ1n) is 6.35. The summed E-state index contributed by atoms with van der Waals surface area (Å²) in [6, 6.07) is 7.71. The lowest BCUT2D eigenvalue weighted by atomic mass is 9.87. The summed E-state index contributed by atoms with van der Waals surface area (Å²) in [7, 11) is 0. The molecule has 0 aliphatic heterocycles. The average molecular weight is 234 g/mol. The van der Waals surface area contributed by atoms with E-state index in [1.807, 2.05) is 52.0 Å². The third-order valence-corrected chi connectivity index (χ3v) is 3.29. The quantitative estimate of drug-likeness (QED) is 0.700. The third-order valence-electron chi connectivity index (χ3n) is 3.29. The molecule has 0 fully saturated rings. The zero-order chi connectivity index (χ0) is 12.9. The van der Waals surface area contributed by atoms with Gasteiger partial charge in [-0.05, 0) is 26.7 Å². The lowest BCUT2D eigenvalue weighted by Gasteiger charge is -2.30. The molecule has 0 bridgehead atoms. The highest BCUT2D eigenvalue weighted by Gasteiger charge is 2.35. The molecule has 0 spiro atoms. The van der Waals surface area contributed by atoms with E-state index in [4.69, 9.17) is 4.74 Å². The molecule has 1 aromatic carbocycles. The van der Waals surface area contributed by atoms with Crippen molar-refractivity contribution >= 4 is 5.78 Å². The first kappa shape index (κ1) is 13.9. The van der Waals surface area contributed by atoms with E-state index < -0.39 is 5.60 Å². The van der Waals surface area contributed by atoms with E-state index in [2.05, 4.69) is 0 Å². The van der Waals surface area contributed by atoms with Gasteiger partial charge in [-0.3, -0.25) is 4.79 Å². The fraction of sp³-hybridized carbons (Fsp3) is 0.533. The Balaban J connectivity index is 3.03. The minimum atomic E-state index is -0.649. The molecule has 0 saturated heterocycles. The fourth-order valence-corrected chi connectivity index (χ4v) is 2.09. The van der Waals surface area contributed by atoms with Gasteiger partial charge in [0.05, 0.1) is 0 Å². The Morgan fingerprint density at radius 1 is 1.12 bits per heavy atom. The maximum absolute atomic E-state index is 12.5. The number of ketones is 1. The summed E-state index contributed by atoms with van der Waals surface area (Å²) >= 11 is 0. The molecule has 0 amide bonds. The molecular formula is C15H22O2. The summed E-state index contributed by atoms with van der Waals surface area (Å²) in [5, 5.41) is 0. The first-order chi connectivity index (χ1) is 8.09. The number of Topliss-reactive ketones (excluding diaryl/α,β-unsaturated/α-hetero) is 1. The predicted octanol–water partition coefficient (Wildman–Crippen LogP) is 3.77. The van der Waals surface area contributed by atoms with Gasteiger partial charge in [0, 0.05) is 12.2 Å². The molecule has 2 heteroatoms. The van der Waals surface area contributed by atoms with Crippen LogP contribution in [0.5, 0.6) is 0 Å². The molecule has 94 valence electrons. The fourth-order valence-electron chi connectivity index (χ4n) is 2.09. The summed E-state index contributed by atoms with van der Waals surface area (Å²) in [6.07, 6.45) is 1.42. The molecule has 2 nitrogen and oxygen atoms in total. The maximum Gasteiger partial charge on any atom is 0.194 e. The number of aryl methyl sites for hydroxylation is 1. The Morgan fingerprint density at radius 3 is 2.06 bits per heavy atom. The monoisotopic (exact) mass is 234 g/mol. The van der Waals surface area contributed by atoms with Crippen molar-refractivity contribution in [3.05, 3.63) is 35.4 Å². The van der Waals surface area contributed by atoms with Gasteiger partial charge < -0.3 is 4.74 Å². The van der Waals surface area contributed by atoms with Crippen LogP contribution in [-0.2, 0) is 4.74 Å². The molecule has 0 N–H and O–H groups in total. The molecule has 0 aromatic heterocycles. The summed E-state index contributed by atoms with van der Waals surface area (Å²) in [6.45, 7) is 8.53. The molecule has 1 rings (SSSR count). The van der Waals surface area contributed by atoms with Crippen molar-refractivity contribution in [1.29, 1.82) is 0 Å². The van der Waals surface area contributed by atoms with Crippen LogP contribution in [0, 0.1) is 6.92 Å². The van der Waals surface area contributed by atoms with Gasteiger partial charge in [-0.2, -0.15) is 0 Å². The topological polar surface area (TPSA) is 26.3 Å². The second kappa shape index (κ2) is 5.97. The summed E-state index contributed by atoms with van der Waals surface area (Å²) in [4.78, 5) is 12.5. The third kappa shape index (κ3) is 2.95. The molecule has 0 radical (unpaired) electrons. The minimum Gasteiger partial charge on any atom is -0.367 e. The van der Waals surface area contributed by atoms with Crippen molar-refractivity contribution < 1.29 is 9.53 Å². The van der Waals surface area contributed by atoms with Crippen molar-refractivity contribution in [1.82, 2.24) is 0 Å². The highest BCUT2D eigenvalue weighted by Crippen LogP contribution is 2.25. The molecular weight excluding hydrogens is 212 g/mol. The van der Waals surface area contributed by atoms with Gasteiger partial charge in [0.1, 0.15) is 5.60 Å². The minimum absolute atomic E-state index is 0.101. The van der Waals surface area contributed by atoms with Gasteiger partial charge in [0.2, 0.25) is 0 Å². The Kier molecular flexibility index (Phi) is 4.88. The van der Waals surface area contributed by atoms with E-state index in [0.717, 1.165) is 11.1 Å². The molecule has 17 heavy (non-hydrogen) atoms. The molecule has 0 aliphatic carbocycles. The van der Waals surface area contributed by atoms with Crippen LogP contribution in [0.1, 0.15) is 49.5 Å². The molecule has 0 saturated carbocycles. The SMILES string of the molecule is CCOC(CC)(CC)C(=O)c1ccc(C)cc1. The van der Waals surface area contributed by atoms with Crippen LogP contribution in [0.2, 0.25) is 0 Å². The Bertz CT molecular complexity index is 361. The Hall–Kier alpha value is -1.15. The van der Waals surface area contributed by atoms with Crippen LogP contribution in [0.3, 0.4) is 0 Å². The van der Waals surface area contributed by atoms with Crippen molar-refractivity contribution in [2.24, 2.45) is 0 Å². The second-order valence-corrected chi connectivity index (χ2v) is 4.33. The van der Waals surface area contributed by atoms with Crippen LogP contribution in [-0.4, -0.2) is 18.0 Å². The van der Waals surface area contributed by atoms with Gasteiger partial charge in [-0.25, -0.2) is 0 Å². The van der Waals surface area contributed by atoms with E-state index in [-0.39, 0.29) is 5.78 Å². The van der Waals surface area contributed by atoms with E-state index in [0.29, 0.717) is 19.4 Å². The first-order valence-corrected chi connectivity index (χ1v) is 6.35. The van der Waals surface area contributed by atoms with Crippen LogP contribution in [0.4, 0.5) is 0 Å². The van der Waals surface area contributed by atoms with Gasteiger partial charge in [0.25, 0.3) is 0 Å². The van der Waals surface area contributed by atoms with Crippen molar-refractivity contribution in [3.8, 4) is 0 Å². The number of benzene rings is 1. The van der Waals surface area contributed by atoms with Crippen LogP contribution >= 0.6 is 0 Å². The highest BCUT2D eigenvalue weighted by molar-refractivity contribution is 6.02. The van der Waals surface area contributed by atoms with E-state index in [1.54, 1.807) is 0 Å². The number of hydrogen-bond acceptors (Lipinski definition) is 2. The molecule has 1 aromatic rings. The largest absolute Gasteiger partial charge is 0.367 e. The van der Waals surface area contributed by atoms with E-state index >= 15 is 0 Å².